The van der Waals surface area contributed by atoms with Gasteiger partial charge in [0.1, 0.15) is 18.5 Å². The second kappa shape index (κ2) is 8.24. The van der Waals surface area contributed by atoms with Crippen LogP contribution in [0.2, 0.25) is 0 Å². The number of rotatable bonds is 5. The van der Waals surface area contributed by atoms with Crippen LogP contribution < -0.4 is 9.62 Å². The maximum Gasteiger partial charge on any atom is 0.340 e. The number of cyclic esters (lactones) is 1. The van der Waals surface area contributed by atoms with Crippen molar-refractivity contribution in [3.63, 3.8) is 0 Å². The molecule has 1 N–H and O–H groups in total. The van der Waals surface area contributed by atoms with Crippen molar-refractivity contribution in [1.29, 1.82) is 5.26 Å². The second-order valence-corrected chi connectivity index (χ2v) is 9.99. The summed E-state index contributed by atoms with van der Waals surface area (Å²) in [5.74, 6) is -0.846. The number of nitriles is 1. The highest BCUT2D eigenvalue weighted by Crippen LogP contribution is 2.35. The van der Waals surface area contributed by atoms with Gasteiger partial charge in [-0.25, -0.2) is 18.2 Å². The fourth-order valence-corrected chi connectivity index (χ4v) is 5.13. The van der Waals surface area contributed by atoms with E-state index < -0.39 is 27.3 Å². The van der Waals surface area contributed by atoms with Crippen LogP contribution in [0, 0.1) is 16.7 Å². The summed E-state index contributed by atoms with van der Waals surface area (Å²) in [6, 6.07) is 12.2. The number of aromatic nitrogens is 1. The zero-order valence-corrected chi connectivity index (χ0v) is 18.3. The number of nitrogens with one attached hydrogen (secondary N) is 1. The maximum atomic E-state index is 12.9. The normalized spacial score (nSPS) is 17.2. The molecule has 32 heavy (non-hydrogen) atoms. The van der Waals surface area contributed by atoms with Crippen molar-refractivity contribution in [2.24, 2.45) is 5.41 Å². The lowest BCUT2D eigenvalue weighted by atomic mass is 9.79. The molecule has 0 saturated carbocycles. The first-order chi connectivity index (χ1) is 15.2. The molecule has 0 spiro atoms. The van der Waals surface area contributed by atoms with Crippen LogP contribution in [-0.4, -0.2) is 38.4 Å². The molecule has 1 aromatic heterocycles. The summed E-state index contributed by atoms with van der Waals surface area (Å²) in [4.78, 5) is 30.9. The summed E-state index contributed by atoms with van der Waals surface area (Å²) < 4.78 is 32.1. The van der Waals surface area contributed by atoms with Crippen LogP contribution in [0.3, 0.4) is 0 Å². The Balaban J connectivity index is 1.44. The van der Waals surface area contributed by atoms with E-state index in [-0.39, 0.29) is 17.9 Å². The van der Waals surface area contributed by atoms with Gasteiger partial charge < -0.3 is 9.64 Å². The Kier molecular flexibility index (Phi) is 5.60. The lowest BCUT2D eigenvalue weighted by Gasteiger charge is -2.38. The Morgan fingerprint density at radius 2 is 1.97 bits per heavy atom. The average molecular weight is 455 g/mol. The van der Waals surface area contributed by atoms with Gasteiger partial charge in [0, 0.05) is 13.1 Å². The summed E-state index contributed by atoms with van der Waals surface area (Å²) in [5, 5.41) is 9.51. The third kappa shape index (κ3) is 4.29. The number of esters is 1. The quantitative estimate of drug-likeness (QED) is 0.678. The van der Waals surface area contributed by atoms with Crippen LogP contribution in [0.4, 0.5) is 5.82 Å². The fourth-order valence-electron chi connectivity index (χ4n) is 3.90. The van der Waals surface area contributed by atoms with Gasteiger partial charge in [-0.1, -0.05) is 37.3 Å². The first kappa shape index (κ1) is 21.8. The zero-order chi connectivity index (χ0) is 22.9. The van der Waals surface area contributed by atoms with Gasteiger partial charge in [0.15, 0.2) is 0 Å². The van der Waals surface area contributed by atoms with Gasteiger partial charge in [-0.2, -0.15) is 5.26 Å². The lowest BCUT2D eigenvalue weighted by molar-refractivity contribution is -0.129. The molecular formula is C22H22N4O5S. The average Bonchev–Trinajstić information content (AvgIpc) is 3.13. The molecule has 0 unspecified atom stereocenters. The van der Waals surface area contributed by atoms with Crippen molar-refractivity contribution in [2.75, 3.05) is 18.0 Å². The molecule has 1 amide bonds. The van der Waals surface area contributed by atoms with Crippen molar-refractivity contribution >= 4 is 27.7 Å². The van der Waals surface area contributed by atoms with Gasteiger partial charge in [0.25, 0.3) is 0 Å². The molecule has 9 nitrogen and oxygen atoms in total. The number of amides is 1. The number of nitrogens with zero attached hydrogens (tertiary/aromatic N) is 3. The Morgan fingerprint density at radius 3 is 2.62 bits per heavy atom. The number of carbonyl (C=O) groups excluding carboxylic acids is 2. The number of hydrogen-bond acceptors (Lipinski definition) is 8. The van der Waals surface area contributed by atoms with Gasteiger partial charge in [-0.05, 0) is 24.5 Å². The van der Waals surface area contributed by atoms with Gasteiger partial charge in [0.05, 0.1) is 28.0 Å². The zero-order valence-electron chi connectivity index (χ0n) is 17.5. The van der Waals surface area contributed by atoms with Gasteiger partial charge in [-0.3, -0.25) is 9.52 Å². The molecule has 2 aliphatic heterocycles. The number of carbonyl (C=O) groups is 2. The standard InChI is InChI=1S/C22H22N4O5S/c1-22(21(28)25-32(29,30)14-15-5-3-2-4-6-15)7-9-26(10-8-22)19-16(12-23)11-17-18(24-19)13-31-20(17)27/h2-6,11H,7-10,13-14H2,1H3,(H,25,28). The van der Waals surface area contributed by atoms with Gasteiger partial charge in [-0.15, -0.1) is 0 Å². The molecule has 1 aromatic carbocycles. The van der Waals surface area contributed by atoms with E-state index in [1.54, 1.807) is 37.3 Å². The molecule has 0 aliphatic carbocycles. The van der Waals surface area contributed by atoms with E-state index in [0.717, 1.165) is 0 Å². The summed E-state index contributed by atoms with van der Waals surface area (Å²) in [6.45, 7) is 2.64. The first-order valence-corrected chi connectivity index (χ1v) is 11.8. The summed E-state index contributed by atoms with van der Waals surface area (Å²) in [5.41, 5.74) is 0.781. The summed E-state index contributed by atoms with van der Waals surface area (Å²) in [7, 11) is -3.82. The molecule has 0 atom stereocenters. The van der Waals surface area contributed by atoms with Crippen LogP contribution in [0.15, 0.2) is 36.4 Å². The molecule has 3 heterocycles. The molecule has 1 saturated heterocycles. The minimum absolute atomic E-state index is 0.0696. The lowest BCUT2D eigenvalue weighted by Crippen LogP contribution is -2.49. The van der Waals surface area contributed by atoms with E-state index in [4.69, 9.17) is 4.74 Å². The molecule has 166 valence electrons. The minimum Gasteiger partial charge on any atom is -0.455 e. The van der Waals surface area contributed by atoms with E-state index in [0.29, 0.717) is 48.6 Å². The van der Waals surface area contributed by atoms with Crippen LogP contribution in [0.25, 0.3) is 0 Å². The van der Waals surface area contributed by atoms with E-state index in [1.165, 1.54) is 6.07 Å². The largest absolute Gasteiger partial charge is 0.455 e. The fraction of sp³-hybridized carbons (Fsp3) is 0.364. The van der Waals surface area contributed by atoms with Crippen molar-refractivity contribution < 1.29 is 22.7 Å². The van der Waals surface area contributed by atoms with Crippen molar-refractivity contribution in [3.05, 3.63) is 58.8 Å². The highest BCUT2D eigenvalue weighted by molar-refractivity contribution is 7.89. The smallest absolute Gasteiger partial charge is 0.340 e. The predicted octanol–water partition coefficient (Wildman–Crippen LogP) is 1.88. The minimum atomic E-state index is -3.82. The summed E-state index contributed by atoms with van der Waals surface area (Å²) in [6.07, 6.45) is 0.775. The van der Waals surface area contributed by atoms with Gasteiger partial charge in [0.2, 0.25) is 15.9 Å². The highest BCUT2D eigenvalue weighted by Gasteiger charge is 2.39. The second-order valence-electron chi connectivity index (χ2n) is 8.27. The van der Waals surface area contributed by atoms with Crippen LogP contribution >= 0.6 is 0 Å². The van der Waals surface area contributed by atoms with E-state index >= 15 is 0 Å². The maximum absolute atomic E-state index is 12.9. The van der Waals surface area contributed by atoms with Crippen molar-refractivity contribution in [3.8, 4) is 6.07 Å². The number of benzene rings is 1. The number of pyridine rings is 1. The SMILES string of the molecule is CC1(C(=O)NS(=O)(=O)Cc2ccccc2)CCN(c2nc3c(cc2C#N)C(=O)OC3)CC1. The Hall–Kier alpha value is -3.45. The highest BCUT2D eigenvalue weighted by atomic mass is 32.2. The molecular weight excluding hydrogens is 432 g/mol. The molecule has 2 aromatic rings. The number of hydrogen-bond donors (Lipinski definition) is 1. The van der Waals surface area contributed by atoms with E-state index in [2.05, 4.69) is 15.8 Å². The molecule has 10 heteroatoms. The number of fused-ring (bicyclic) bond motifs is 1. The van der Waals surface area contributed by atoms with Crippen LogP contribution in [0.5, 0.6) is 0 Å². The predicted molar refractivity (Wildman–Crippen MR) is 115 cm³/mol. The number of anilines is 1. The van der Waals surface area contributed by atoms with Crippen LogP contribution in [-0.2, 0) is 31.9 Å². The van der Waals surface area contributed by atoms with Crippen molar-refractivity contribution in [2.45, 2.75) is 32.1 Å². The van der Waals surface area contributed by atoms with Gasteiger partial charge >= 0.3 is 5.97 Å². The Morgan fingerprint density at radius 1 is 1.28 bits per heavy atom. The number of ether oxygens (including phenoxy) is 1. The van der Waals surface area contributed by atoms with E-state index in [1.807, 2.05) is 4.90 Å². The number of sulfonamides is 1. The number of piperidine rings is 1. The van der Waals surface area contributed by atoms with Crippen molar-refractivity contribution in [1.82, 2.24) is 9.71 Å². The third-order valence-electron chi connectivity index (χ3n) is 5.92. The third-order valence-corrected chi connectivity index (χ3v) is 7.13. The van der Waals surface area contributed by atoms with Crippen LogP contribution in [0.1, 0.15) is 46.9 Å². The Labute approximate surface area is 186 Å². The monoisotopic (exact) mass is 454 g/mol. The molecule has 4 rings (SSSR count). The topological polar surface area (TPSA) is 129 Å². The molecule has 0 bridgehead atoms. The summed E-state index contributed by atoms with van der Waals surface area (Å²) >= 11 is 0. The molecule has 1 fully saturated rings. The molecule has 0 radical (unpaired) electrons. The first-order valence-electron chi connectivity index (χ1n) is 10.2. The molecule has 2 aliphatic rings. The van der Waals surface area contributed by atoms with E-state index in [9.17, 15) is 23.3 Å². The Bertz CT molecular complexity index is 1210.